The lowest BCUT2D eigenvalue weighted by Gasteiger charge is -2.08. The van der Waals surface area contributed by atoms with E-state index in [2.05, 4.69) is 15.6 Å². The summed E-state index contributed by atoms with van der Waals surface area (Å²) in [6.07, 6.45) is 5.36. The fourth-order valence-electron chi connectivity index (χ4n) is 1.73. The molecule has 1 saturated carbocycles. The molecule has 116 valence electrons. The first-order valence-corrected chi connectivity index (χ1v) is 6.99. The van der Waals surface area contributed by atoms with E-state index < -0.39 is 5.97 Å². The van der Waals surface area contributed by atoms with Crippen molar-refractivity contribution in [2.24, 2.45) is 5.92 Å². The van der Waals surface area contributed by atoms with Crippen LogP contribution in [0.3, 0.4) is 0 Å². The van der Waals surface area contributed by atoms with Crippen molar-refractivity contribution in [3.63, 3.8) is 0 Å². The van der Waals surface area contributed by atoms with Gasteiger partial charge in [-0.2, -0.15) is 0 Å². The Bertz CT molecular complexity index is 484. The molecule has 0 unspecified atom stereocenters. The fourth-order valence-corrected chi connectivity index (χ4v) is 1.73. The number of hydrogen-bond donors (Lipinski definition) is 3. The Morgan fingerprint density at radius 1 is 1.38 bits per heavy atom. The van der Waals surface area contributed by atoms with Gasteiger partial charge in [0.1, 0.15) is 0 Å². The zero-order chi connectivity index (χ0) is 15.1. The minimum absolute atomic E-state index is 0.00716. The molecule has 8 nitrogen and oxygen atoms in total. The summed E-state index contributed by atoms with van der Waals surface area (Å²) in [6, 6.07) is -0.261. The van der Waals surface area contributed by atoms with E-state index in [0.29, 0.717) is 26.2 Å². The number of nitrogens with zero attached hydrogens (tertiary/aromatic N) is 2. The Hall–Kier alpha value is -2.09. The number of nitrogens with one attached hydrogen (secondary N) is 2. The molecule has 8 heteroatoms. The van der Waals surface area contributed by atoms with Crippen LogP contribution < -0.4 is 10.6 Å². The first-order valence-electron chi connectivity index (χ1n) is 6.99. The zero-order valence-electron chi connectivity index (χ0n) is 11.7. The van der Waals surface area contributed by atoms with Crippen LogP contribution in [0, 0.1) is 5.92 Å². The van der Waals surface area contributed by atoms with Gasteiger partial charge in [0, 0.05) is 32.4 Å². The summed E-state index contributed by atoms with van der Waals surface area (Å²) in [6.45, 7) is 2.64. The average molecular weight is 296 g/mol. The molecule has 1 aliphatic rings. The molecule has 0 atom stereocenters. The number of carbonyl (C=O) groups is 2. The highest BCUT2D eigenvalue weighted by Gasteiger charge is 2.20. The number of carboxylic acid groups (broad SMARTS) is 1. The van der Waals surface area contributed by atoms with Crippen molar-refractivity contribution >= 4 is 12.0 Å². The van der Waals surface area contributed by atoms with E-state index in [1.807, 2.05) is 0 Å². The molecular formula is C13H20N4O4. The molecule has 0 spiro atoms. The molecule has 3 N–H and O–H groups in total. The third-order valence-electron chi connectivity index (χ3n) is 3.09. The second kappa shape index (κ2) is 7.63. The van der Waals surface area contributed by atoms with Crippen LogP contribution >= 0.6 is 0 Å². The predicted octanol–water partition coefficient (Wildman–Crippen LogP) is 0.307. The van der Waals surface area contributed by atoms with E-state index in [0.717, 1.165) is 12.5 Å². The lowest BCUT2D eigenvalue weighted by atomic mass is 10.5. The molecule has 0 radical (unpaired) electrons. The number of aromatic carboxylic acids is 1. The van der Waals surface area contributed by atoms with Crippen molar-refractivity contribution < 1.29 is 19.4 Å². The Labute approximate surface area is 122 Å². The summed E-state index contributed by atoms with van der Waals surface area (Å²) in [5.41, 5.74) is -0.00716. The Morgan fingerprint density at radius 2 is 2.14 bits per heavy atom. The molecule has 1 aliphatic carbocycles. The molecule has 0 aliphatic heterocycles. The standard InChI is InChI=1S/C13H20N4O4/c18-12(19)11-7-17(9-16-11)5-3-14-13(20)15-4-6-21-8-10-1-2-10/h7,9-10H,1-6,8H2,(H,18,19)(H2,14,15,20). The molecule has 1 aromatic rings. The van der Waals surface area contributed by atoms with Crippen molar-refractivity contribution in [2.75, 3.05) is 26.3 Å². The minimum Gasteiger partial charge on any atom is -0.476 e. The van der Waals surface area contributed by atoms with E-state index >= 15 is 0 Å². The highest BCUT2D eigenvalue weighted by Crippen LogP contribution is 2.28. The first-order chi connectivity index (χ1) is 10.1. The van der Waals surface area contributed by atoms with Crippen LogP contribution in [0.25, 0.3) is 0 Å². The lowest BCUT2D eigenvalue weighted by molar-refractivity contribution is 0.0691. The molecular weight excluding hydrogens is 276 g/mol. The van der Waals surface area contributed by atoms with E-state index in [1.165, 1.54) is 25.4 Å². The van der Waals surface area contributed by atoms with Crippen LogP contribution in [0.5, 0.6) is 0 Å². The summed E-state index contributed by atoms with van der Waals surface area (Å²) in [5.74, 6) is -0.338. The highest BCUT2D eigenvalue weighted by molar-refractivity contribution is 5.84. The lowest BCUT2D eigenvalue weighted by Crippen LogP contribution is -2.38. The van der Waals surface area contributed by atoms with Gasteiger partial charge >= 0.3 is 12.0 Å². The van der Waals surface area contributed by atoms with Gasteiger partial charge in [-0.25, -0.2) is 14.6 Å². The van der Waals surface area contributed by atoms with Gasteiger partial charge in [-0.05, 0) is 18.8 Å². The Morgan fingerprint density at radius 3 is 2.81 bits per heavy atom. The number of ether oxygens (including phenoxy) is 1. The molecule has 2 amide bonds. The number of urea groups is 1. The van der Waals surface area contributed by atoms with Gasteiger partial charge in [-0.1, -0.05) is 0 Å². The highest BCUT2D eigenvalue weighted by atomic mass is 16.5. The maximum atomic E-state index is 11.5. The van der Waals surface area contributed by atoms with Crippen LogP contribution in [0.1, 0.15) is 23.3 Å². The number of hydrogen-bond acceptors (Lipinski definition) is 4. The molecule has 21 heavy (non-hydrogen) atoms. The third kappa shape index (κ3) is 5.82. The zero-order valence-corrected chi connectivity index (χ0v) is 11.7. The van der Waals surface area contributed by atoms with Gasteiger partial charge in [0.15, 0.2) is 5.69 Å². The van der Waals surface area contributed by atoms with Crippen LogP contribution in [0.2, 0.25) is 0 Å². The van der Waals surface area contributed by atoms with Gasteiger partial charge in [-0.3, -0.25) is 0 Å². The second-order valence-corrected chi connectivity index (χ2v) is 5.00. The van der Waals surface area contributed by atoms with E-state index in [9.17, 15) is 9.59 Å². The van der Waals surface area contributed by atoms with Crippen LogP contribution in [0.4, 0.5) is 4.79 Å². The molecule has 1 heterocycles. The number of rotatable bonds is 9. The van der Waals surface area contributed by atoms with Crippen LogP contribution in [-0.4, -0.2) is 53.0 Å². The minimum atomic E-state index is -1.06. The van der Waals surface area contributed by atoms with Crippen molar-refractivity contribution in [1.29, 1.82) is 0 Å². The number of carbonyl (C=O) groups excluding carboxylic acids is 1. The van der Waals surface area contributed by atoms with Gasteiger partial charge in [0.25, 0.3) is 0 Å². The molecule has 1 fully saturated rings. The smallest absolute Gasteiger partial charge is 0.356 e. The van der Waals surface area contributed by atoms with E-state index in [1.54, 1.807) is 4.57 Å². The maximum Gasteiger partial charge on any atom is 0.356 e. The van der Waals surface area contributed by atoms with Crippen molar-refractivity contribution in [1.82, 2.24) is 20.2 Å². The van der Waals surface area contributed by atoms with Gasteiger partial charge in [-0.15, -0.1) is 0 Å². The third-order valence-corrected chi connectivity index (χ3v) is 3.09. The van der Waals surface area contributed by atoms with E-state index in [-0.39, 0.29) is 11.7 Å². The van der Waals surface area contributed by atoms with Crippen LogP contribution in [-0.2, 0) is 11.3 Å². The first kappa shape index (κ1) is 15.3. The van der Waals surface area contributed by atoms with Gasteiger partial charge < -0.3 is 25.0 Å². The molecule has 0 bridgehead atoms. The normalized spacial score (nSPS) is 13.9. The average Bonchev–Trinajstić information content (AvgIpc) is 3.14. The summed E-state index contributed by atoms with van der Waals surface area (Å²) in [7, 11) is 0. The topological polar surface area (TPSA) is 105 Å². The second-order valence-electron chi connectivity index (χ2n) is 5.00. The Balaban J connectivity index is 1.50. The summed E-state index contributed by atoms with van der Waals surface area (Å²) < 4.78 is 7.01. The van der Waals surface area contributed by atoms with Crippen molar-refractivity contribution in [3.05, 3.63) is 18.2 Å². The number of amides is 2. The van der Waals surface area contributed by atoms with Crippen molar-refractivity contribution in [2.45, 2.75) is 19.4 Å². The summed E-state index contributed by atoms with van der Waals surface area (Å²) in [5, 5.41) is 14.1. The van der Waals surface area contributed by atoms with Crippen molar-refractivity contribution in [3.8, 4) is 0 Å². The molecule has 0 aromatic carbocycles. The number of carboxylic acids is 1. The number of aromatic nitrogens is 2. The molecule has 1 aromatic heterocycles. The molecule has 2 rings (SSSR count). The summed E-state index contributed by atoms with van der Waals surface area (Å²) >= 11 is 0. The SMILES string of the molecule is O=C(NCCOCC1CC1)NCCn1cnc(C(=O)O)c1. The van der Waals surface area contributed by atoms with Gasteiger partial charge in [0.05, 0.1) is 12.9 Å². The Kier molecular flexibility index (Phi) is 5.56. The quantitative estimate of drug-likeness (QED) is 0.569. The summed E-state index contributed by atoms with van der Waals surface area (Å²) in [4.78, 5) is 25.8. The van der Waals surface area contributed by atoms with Gasteiger partial charge in [0.2, 0.25) is 0 Å². The molecule has 0 saturated heterocycles. The monoisotopic (exact) mass is 296 g/mol. The maximum absolute atomic E-state index is 11.5. The number of imidazole rings is 1. The fraction of sp³-hybridized carbons (Fsp3) is 0.615. The van der Waals surface area contributed by atoms with E-state index in [4.69, 9.17) is 9.84 Å². The largest absolute Gasteiger partial charge is 0.476 e. The van der Waals surface area contributed by atoms with Crippen LogP contribution in [0.15, 0.2) is 12.5 Å². The predicted molar refractivity (Wildman–Crippen MR) is 74.1 cm³/mol.